The van der Waals surface area contributed by atoms with Crippen LogP contribution in [0.5, 0.6) is 5.75 Å². The highest BCUT2D eigenvalue weighted by molar-refractivity contribution is 5.92. The Morgan fingerprint density at radius 2 is 1.78 bits per heavy atom. The molecule has 7 heteroatoms. The van der Waals surface area contributed by atoms with Gasteiger partial charge in [0.25, 0.3) is 0 Å². The van der Waals surface area contributed by atoms with Crippen molar-refractivity contribution in [2.75, 3.05) is 19.1 Å². The molecule has 0 unspecified atom stereocenters. The molecule has 32 heavy (non-hydrogen) atoms. The summed E-state index contributed by atoms with van der Waals surface area (Å²) in [5.74, 6) is 0.810. The van der Waals surface area contributed by atoms with Gasteiger partial charge >= 0.3 is 6.03 Å². The van der Waals surface area contributed by atoms with Gasteiger partial charge in [-0.25, -0.2) is 14.8 Å². The smallest absolute Gasteiger partial charge is 0.355 e. The topological polar surface area (TPSA) is 60.9 Å². The number of urea groups is 1. The maximum Gasteiger partial charge on any atom is 0.355 e. The highest BCUT2D eigenvalue weighted by Gasteiger charge is 2.33. The number of aryl methyl sites for hydroxylation is 3. The molecule has 1 fully saturated rings. The molecule has 3 aromatic rings. The first-order valence-electron chi connectivity index (χ1n) is 10.7. The number of nitrogens with one attached hydrogen (secondary N) is 1. The number of aromatic nitrogens is 1. The summed E-state index contributed by atoms with van der Waals surface area (Å²) in [5, 5.41) is 4.69. The van der Waals surface area contributed by atoms with Gasteiger partial charge in [0.1, 0.15) is 12.4 Å². The summed E-state index contributed by atoms with van der Waals surface area (Å²) < 4.78 is 6.22. The molecular weight excluding hydrogens is 402 g/mol. The Kier molecular flexibility index (Phi) is 6.12. The number of benzene rings is 2. The van der Waals surface area contributed by atoms with Crippen LogP contribution >= 0.6 is 0 Å². The van der Waals surface area contributed by atoms with E-state index in [0.29, 0.717) is 6.61 Å². The monoisotopic (exact) mass is 431 g/mol. The van der Waals surface area contributed by atoms with Gasteiger partial charge in [0, 0.05) is 30.9 Å². The molecule has 1 aliphatic heterocycles. The molecular formula is C25H29N5O2. The van der Waals surface area contributed by atoms with Crippen molar-refractivity contribution in [2.24, 2.45) is 0 Å². The molecule has 1 aromatic heterocycles. The number of hydrazine groups is 3. The lowest BCUT2D eigenvalue weighted by molar-refractivity contribution is 0.0652. The Morgan fingerprint density at radius 3 is 2.47 bits per heavy atom. The van der Waals surface area contributed by atoms with Crippen LogP contribution in [0.4, 0.5) is 10.5 Å². The number of carbonyl (C=O) groups is 1. The SMILES string of the molecule is CCc1cccc(-c2ccc(OCc3c(C)cccc3N3NN(C)N(C)C3=O)c(C)c2)n1. The van der Waals surface area contributed by atoms with E-state index >= 15 is 0 Å². The number of anilines is 1. The van der Waals surface area contributed by atoms with Crippen LogP contribution in [0.25, 0.3) is 11.3 Å². The summed E-state index contributed by atoms with van der Waals surface area (Å²) in [7, 11) is 3.51. The Bertz CT molecular complexity index is 1150. The molecule has 0 spiro atoms. The van der Waals surface area contributed by atoms with E-state index in [4.69, 9.17) is 9.72 Å². The van der Waals surface area contributed by atoms with Gasteiger partial charge in [0.15, 0.2) is 0 Å². The largest absolute Gasteiger partial charge is 0.489 e. The van der Waals surface area contributed by atoms with Crippen LogP contribution in [-0.4, -0.2) is 35.2 Å². The zero-order chi connectivity index (χ0) is 22.8. The second kappa shape index (κ2) is 8.98. The van der Waals surface area contributed by atoms with Gasteiger partial charge in [-0.2, -0.15) is 0 Å². The van der Waals surface area contributed by atoms with Gasteiger partial charge in [0.05, 0.1) is 11.4 Å². The van der Waals surface area contributed by atoms with E-state index < -0.39 is 0 Å². The number of hydrogen-bond donors (Lipinski definition) is 1. The molecule has 2 aromatic carbocycles. The second-order valence-corrected chi connectivity index (χ2v) is 7.97. The molecule has 1 N–H and O–H groups in total. The van der Waals surface area contributed by atoms with E-state index in [0.717, 1.165) is 51.5 Å². The lowest BCUT2D eigenvalue weighted by Gasteiger charge is -2.21. The van der Waals surface area contributed by atoms with E-state index in [-0.39, 0.29) is 6.03 Å². The first-order valence-corrected chi connectivity index (χ1v) is 10.7. The maximum absolute atomic E-state index is 12.6. The molecule has 0 aliphatic carbocycles. The number of pyridine rings is 1. The van der Waals surface area contributed by atoms with Crippen LogP contribution in [0.1, 0.15) is 29.3 Å². The van der Waals surface area contributed by atoms with Crippen LogP contribution in [0.15, 0.2) is 54.6 Å². The number of carbonyl (C=O) groups excluding carboxylic acids is 1. The third kappa shape index (κ3) is 4.17. The molecule has 0 atom stereocenters. The summed E-state index contributed by atoms with van der Waals surface area (Å²) in [6.45, 7) is 6.52. The van der Waals surface area contributed by atoms with E-state index in [1.165, 1.54) is 10.0 Å². The van der Waals surface area contributed by atoms with Gasteiger partial charge < -0.3 is 4.74 Å². The summed E-state index contributed by atoms with van der Waals surface area (Å²) in [5.41, 5.74) is 10.0. The fourth-order valence-electron chi connectivity index (χ4n) is 3.73. The van der Waals surface area contributed by atoms with Crippen molar-refractivity contribution in [3.63, 3.8) is 0 Å². The van der Waals surface area contributed by atoms with E-state index in [2.05, 4.69) is 18.5 Å². The molecule has 166 valence electrons. The van der Waals surface area contributed by atoms with Crippen LogP contribution in [0, 0.1) is 13.8 Å². The van der Waals surface area contributed by atoms with Gasteiger partial charge in [0.2, 0.25) is 0 Å². The van der Waals surface area contributed by atoms with Gasteiger partial charge in [-0.1, -0.05) is 25.1 Å². The Hall–Kier alpha value is -3.42. The average molecular weight is 432 g/mol. The van der Waals surface area contributed by atoms with Gasteiger partial charge in [-0.3, -0.25) is 4.98 Å². The number of rotatable bonds is 6. The van der Waals surface area contributed by atoms with Gasteiger partial charge in [-0.15, -0.1) is 10.7 Å². The molecule has 4 rings (SSSR count). The minimum atomic E-state index is -0.151. The Labute approximate surface area is 189 Å². The average Bonchev–Trinajstić information content (AvgIpc) is 3.06. The molecule has 1 saturated heterocycles. The van der Waals surface area contributed by atoms with Crippen molar-refractivity contribution in [3.8, 4) is 17.0 Å². The predicted molar refractivity (Wildman–Crippen MR) is 126 cm³/mol. The zero-order valence-corrected chi connectivity index (χ0v) is 19.2. The lowest BCUT2D eigenvalue weighted by atomic mass is 10.1. The molecule has 2 amide bonds. The van der Waals surface area contributed by atoms with Crippen LogP contribution < -0.4 is 15.3 Å². The molecule has 0 radical (unpaired) electrons. The molecule has 0 bridgehead atoms. The third-order valence-electron chi connectivity index (χ3n) is 5.80. The minimum absolute atomic E-state index is 0.151. The summed E-state index contributed by atoms with van der Waals surface area (Å²) in [6.07, 6.45) is 0.909. The standard InChI is InChI=1S/C25H29N5O2/c1-6-20-10-8-11-22(26-20)19-13-14-24(18(3)15-19)32-16-21-17(2)9-7-12-23(21)30-25(31)28(4)29(5)27-30/h7-15,27H,6,16H2,1-5H3. The normalized spacial score (nSPS) is 14.3. The van der Waals surface area contributed by atoms with Crippen molar-refractivity contribution in [3.05, 3.63) is 77.0 Å². The number of ether oxygens (including phenoxy) is 1. The lowest BCUT2D eigenvalue weighted by Crippen LogP contribution is -2.39. The minimum Gasteiger partial charge on any atom is -0.489 e. The van der Waals surface area contributed by atoms with Crippen molar-refractivity contribution in [1.82, 2.24) is 20.6 Å². The van der Waals surface area contributed by atoms with E-state index in [1.807, 2.05) is 62.4 Å². The van der Waals surface area contributed by atoms with Crippen molar-refractivity contribution < 1.29 is 9.53 Å². The second-order valence-electron chi connectivity index (χ2n) is 7.97. The summed E-state index contributed by atoms with van der Waals surface area (Å²) >= 11 is 0. The maximum atomic E-state index is 12.6. The summed E-state index contributed by atoms with van der Waals surface area (Å²) in [6, 6.07) is 18.0. The van der Waals surface area contributed by atoms with Crippen molar-refractivity contribution in [2.45, 2.75) is 33.8 Å². The quantitative estimate of drug-likeness (QED) is 0.616. The van der Waals surface area contributed by atoms with Crippen LogP contribution in [0.3, 0.4) is 0 Å². The number of nitrogens with zero attached hydrogens (tertiary/aromatic N) is 4. The predicted octanol–water partition coefficient (Wildman–Crippen LogP) is 4.65. The van der Waals surface area contributed by atoms with E-state index in [1.54, 1.807) is 19.2 Å². The highest BCUT2D eigenvalue weighted by atomic mass is 16.5. The first kappa shape index (κ1) is 21.8. The van der Waals surface area contributed by atoms with Crippen LogP contribution in [0.2, 0.25) is 0 Å². The third-order valence-corrected chi connectivity index (χ3v) is 5.80. The zero-order valence-electron chi connectivity index (χ0n) is 19.2. The van der Waals surface area contributed by atoms with E-state index in [9.17, 15) is 4.79 Å². The highest BCUT2D eigenvalue weighted by Crippen LogP contribution is 2.30. The summed E-state index contributed by atoms with van der Waals surface area (Å²) in [4.78, 5) is 17.3. The van der Waals surface area contributed by atoms with Crippen LogP contribution in [-0.2, 0) is 13.0 Å². The fourth-order valence-corrected chi connectivity index (χ4v) is 3.73. The fraction of sp³-hybridized carbons (Fsp3) is 0.280. The molecule has 0 saturated carbocycles. The first-order chi connectivity index (χ1) is 15.4. The van der Waals surface area contributed by atoms with Crippen molar-refractivity contribution in [1.29, 1.82) is 0 Å². The molecule has 2 heterocycles. The number of amides is 2. The Morgan fingerprint density at radius 1 is 1.00 bits per heavy atom. The van der Waals surface area contributed by atoms with Crippen molar-refractivity contribution >= 4 is 11.7 Å². The Balaban J connectivity index is 1.56. The van der Waals surface area contributed by atoms with Gasteiger partial charge in [-0.05, 0) is 67.8 Å². The molecule has 1 aliphatic rings. The molecule has 7 nitrogen and oxygen atoms in total. The number of hydrogen-bond acceptors (Lipinski definition) is 5.